The Bertz CT molecular complexity index is 1480. The number of nitrogens with zero attached hydrogens (tertiary/aromatic N) is 3. The molecule has 0 saturated carbocycles. The number of hydrogen-bond acceptors (Lipinski definition) is 7. The SMILES string of the molecule is CS(=O)(=O)c1ccc(OCC(F)F)c(-c2cccn3nc(NC4CCc5ccccc5NC4)nc23)c1. The van der Waals surface area contributed by atoms with Crippen LogP contribution in [0, 0.1) is 0 Å². The minimum Gasteiger partial charge on any atom is -0.487 e. The highest BCUT2D eigenvalue weighted by molar-refractivity contribution is 7.90. The minimum absolute atomic E-state index is 0.0471. The van der Waals surface area contributed by atoms with Crippen LogP contribution in [0.3, 0.4) is 0 Å². The van der Waals surface area contributed by atoms with Crippen LogP contribution in [0.5, 0.6) is 5.75 Å². The predicted octanol–water partition coefficient (Wildman–Crippen LogP) is 4.28. The number of rotatable bonds is 7. The average Bonchev–Trinajstić information content (AvgIpc) is 3.15. The van der Waals surface area contributed by atoms with Crippen LogP contribution < -0.4 is 15.4 Å². The standard InChI is InChI=1S/C25H25F2N5O3S/c1-36(33,34)18-10-11-22(35-15-23(26)27)20(13-18)19-6-4-12-32-24(19)30-25(31-32)29-17-9-8-16-5-2-3-7-21(16)28-14-17/h2-7,10-13,17,23,28H,8-9,14-15H2,1H3,(H,29,31). The smallest absolute Gasteiger partial charge is 0.272 e. The molecule has 8 nitrogen and oxygen atoms in total. The van der Waals surface area contributed by atoms with E-state index >= 15 is 0 Å². The Labute approximate surface area is 207 Å². The number of benzene rings is 2. The summed E-state index contributed by atoms with van der Waals surface area (Å²) < 4.78 is 57.0. The fourth-order valence-corrected chi connectivity index (χ4v) is 4.94. The Kier molecular flexibility index (Phi) is 6.48. The zero-order valence-corrected chi connectivity index (χ0v) is 20.3. The first-order chi connectivity index (χ1) is 17.3. The van der Waals surface area contributed by atoms with Gasteiger partial charge < -0.3 is 15.4 Å². The molecule has 0 fully saturated rings. The largest absolute Gasteiger partial charge is 0.487 e. The van der Waals surface area contributed by atoms with Gasteiger partial charge in [-0.1, -0.05) is 18.2 Å². The molecule has 2 aromatic carbocycles. The lowest BCUT2D eigenvalue weighted by molar-refractivity contribution is 0.0821. The number of fused-ring (bicyclic) bond motifs is 2. The summed E-state index contributed by atoms with van der Waals surface area (Å²) in [4.78, 5) is 4.70. The molecule has 0 amide bonds. The van der Waals surface area contributed by atoms with Gasteiger partial charge >= 0.3 is 0 Å². The van der Waals surface area contributed by atoms with Gasteiger partial charge in [0.15, 0.2) is 15.5 Å². The summed E-state index contributed by atoms with van der Waals surface area (Å²) >= 11 is 0. The number of nitrogens with one attached hydrogen (secondary N) is 2. The van der Waals surface area contributed by atoms with Gasteiger partial charge in [0, 0.05) is 41.9 Å². The number of pyridine rings is 1. The van der Waals surface area contributed by atoms with E-state index < -0.39 is 22.9 Å². The molecule has 1 aliphatic rings. The molecular formula is C25H25F2N5O3S. The lowest BCUT2D eigenvalue weighted by Gasteiger charge is -2.15. The third-order valence-corrected chi connectivity index (χ3v) is 7.16. The number of aromatic nitrogens is 3. The maximum atomic E-state index is 12.9. The summed E-state index contributed by atoms with van der Waals surface area (Å²) in [5.41, 5.74) is 3.68. The maximum absolute atomic E-state index is 12.9. The first-order valence-electron chi connectivity index (χ1n) is 11.5. The topological polar surface area (TPSA) is 97.6 Å². The van der Waals surface area contributed by atoms with Crippen LogP contribution in [-0.4, -0.2) is 54.9 Å². The number of para-hydroxylation sites is 1. The second kappa shape index (κ2) is 9.73. The Morgan fingerprint density at radius 3 is 2.81 bits per heavy atom. The lowest BCUT2D eigenvalue weighted by Crippen LogP contribution is -2.27. The highest BCUT2D eigenvalue weighted by Gasteiger charge is 2.20. The van der Waals surface area contributed by atoms with E-state index in [2.05, 4.69) is 32.8 Å². The summed E-state index contributed by atoms with van der Waals surface area (Å²) in [5, 5.41) is 11.4. The molecule has 2 N–H and O–H groups in total. The van der Waals surface area contributed by atoms with Crippen LogP contribution in [-0.2, 0) is 16.3 Å². The highest BCUT2D eigenvalue weighted by Crippen LogP contribution is 2.35. The summed E-state index contributed by atoms with van der Waals surface area (Å²) in [6.45, 7) is -0.119. The van der Waals surface area contributed by atoms with E-state index in [9.17, 15) is 17.2 Å². The van der Waals surface area contributed by atoms with E-state index in [1.165, 1.54) is 23.8 Å². The molecule has 0 spiro atoms. The minimum atomic E-state index is -3.54. The highest BCUT2D eigenvalue weighted by atomic mass is 32.2. The van der Waals surface area contributed by atoms with Gasteiger partial charge in [-0.15, -0.1) is 5.10 Å². The zero-order chi connectivity index (χ0) is 25.3. The Balaban J connectivity index is 1.48. The van der Waals surface area contributed by atoms with Crippen molar-refractivity contribution in [3.8, 4) is 16.9 Å². The van der Waals surface area contributed by atoms with Gasteiger partial charge in [0.1, 0.15) is 12.4 Å². The van der Waals surface area contributed by atoms with Gasteiger partial charge in [-0.25, -0.2) is 21.7 Å². The van der Waals surface area contributed by atoms with Gasteiger partial charge in [0.2, 0.25) is 5.95 Å². The van der Waals surface area contributed by atoms with Crippen LogP contribution in [0.2, 0.25) is 0 Å². The van der Waals surface area contributed by atoms with Crippen LogP contribution in [0.1, 0.15) is 12.0 Å². The van der Waals surface area contributed by atoms with Crippen LogP contribution in [0.4, 0.5) is 20.4 Å². The van der Waals surface area contributed by atoms with Crippen molar-refractivity contribution in [2.24, 2.45) is 0 Å². The van der Waals surface area contributed by atoms with E-state index in [4.69, 9.17) is 4.74 Å². The molecule has 188 valence electrons. The lowest BCUT2D eigenvalue weighted by atomic mass is 10.1. The Morgan fingerprint density at radius 1 is 1.17 bits per heavy atom. The van der Waals surface area contributed by atoms with E-state index in [0.717, 1.165) is 24.8 Å². The number of anilines is 2. The monoisotopic (exact) mass is 513 g/mol. The molecular weight excluding hydrogens is 488 g/mol. The van der Waals surface area contributed by atoms with E-state index in [0.29, 0.717) is 29.3 Å². The van der Waals surface area contributed by atoms with Crippen molar-refractivity contribution in [1.29, 1.82) is 0 Å². The van der Waals surface area contributed by atoms with E-state index in [1.54, 1.807) is 22.8 Å². The first kappa shape index (κ1) is 24.0. The molecule has 0 bridgehead atoms. The van der Waals surface area contributed by atoms with Crippen molar-refractivity contribution in [1.82, 2.24) is 14.6 Å². The molecule has 11 heteroatoms. The van der Waals surface area contributed by atoms with E-state index in [1.807, 2.05) is 12.1 Å². The van der Waals surface area contributed by atoms with Gasteiger partial charge in [-0.05, 0) is 54.8 Å². The van der Waals surface area contributed by atoms with E-state index in [-0.39, 0.29) is 16.7 Å². The molecule has 5 rings (SSSR count). The summed E-state index contributed by atoms with van der Waals surface area (Å²) in [6, 6.07) is 15.9. The fourth-order valence-electron chi connectivity index (χ4n) is 4.29. The number of hydrogen-bond donors (Lipinski definition) is 2. The van der Waals surface area contributed by atoms with Crippen LogP contribution in [0.25, 0.3) is 16.8 Å². The van der Waals surface area contributed by atoms with Crippen molar-refractivity contribution in [2.45, 2.75) is 30.2 Å². The average molecular weight is 514 g/mol. The van der Waals surface area contributed by atoms with Gasteiger partial charge in [0.25, 0.3) is 6.43 Å². The van der Waals surface area contributed by atoms with Crippen molar-refractivity contribution < 1.29 is 21.9 Å². The van der Waals surface area contributed by atoms with Crippen molar-refractivity contribution in [3.05, 3.63) is 66.4 Å². The second-order valence-corrected chi connectivity index (χ2v) is 10.7. The number of sulfone groups is 1. The third kappa shape index (κ3) is 5.11. The van der Waals surface area contributed by atoms with Crippen LogP contribution in [0.15, 0.2) is 65.7 Å². The Hall–Kier alpha value is -3.73. The molecule has 0 aliphatic carbocycles. The molecule has 1 aliphatic heterocycles. The quantitative estimate of drug-likeness (QED) is 0.381. The molecule has 3 heterocycles. The molecule has 2 aromatic heterocycles. The predicted molar refractivity (Wildman–Crippen MR) is 134 cm³/mol. The Morgan fingerprint density at radius 2 is 2.00 bits per heavy atom. The summed E-state index contributed by atoms with van der Waals surface area (Å²) in [5.74, 6) is 0.550. The molecule has 36 heavy (non-hydrogen) atoms. The first-order valence-corrected chi connectivity index (χ1v) is 13.4. The van der Waals surface area contributed by atoms with Crippen molar-refractivity contribution in [2.75, 3.05) is 30.0 Å². The number of halogens is 2. The van der Waals surface area contributed by atoms with Crippen molar-refractivity contribution in [3.63, 3.8) is 0 Å². The molecule has 4 aromatic rings. The summed E-state index contributed by atoms with van der Waals surface area (Å²) in [7, 11) is -3.54. The normalized spacial score (nSPS) is 15.8. The number of alkyl halides is 2. The number of aryl methyl sites for hydroxylation is 1. The molecule has 0 radical (unpaired) electrons. The molecule has 1 atom stereocenters. The molecule has 1 unspecified atom stereocenters. The van der Waals surface area contributed by atoms with Gasteiger partial charge in [0.05, 0.1) is 4.90 Å². The third-order valence-electron chi connectivity index (χ3n) is 6.05. The second-order valence-electron chi connectivity index (χ2n) is 8.68. The fraction of sp³-hybridized carbons (Fsp3) is 0.280. The number of ether oxygens (including phenoxy) is 1. The maximum Gasteiger partial charge on any atom is 0.272 e. The van der Waals surface area contributed by atoms with Crippen molar-refractivity contribution >= 4 is 27.1 Å². The summed E-state index contributed by atoms with van der Waals surface area (Å²) in [6.07, 6.45) is 1.92. The zero-order valence-electron chi connectivity index (χ0n) is 19.5. The van der Waals surface area contributed by atoms with Gasteiger partial charge in [-0.3, -0.25) is 0 Å². The molecule has 0 saturated heterocycles. The van der Waals surface area contributed by atoms with Gasteiger partial charge in [-0.2, -0.15) is 4.98 Å². The van der Waals surface area contributed by atoms with Crippen LogP contribution >= 0.6 is 0 Å².